The summed E-state index contributed by atoms with van der Waals surface area (Å²) in [5.41, 5.74) is -0.877. The van der Waals surface area contributed by atoms with Gasteiger partial charge in [0.25, 0.3) is 0 Å². The van der Waals surface area contributed by atoms with Crippen molar-refractivity contribution >= 4 is 23.9 Å². The zero-order valence-corrected chi connectivity index (χ0v) is 11.5. The molecule has 0 aliphatic rings. The van der Waals surface area contributed by atoms with Crippen LogP contribution in [0, 0.1) is 5.41 Å². The second-order valence-corrected chi connectivity index (χ2v) is 4.78. The number of hydrogen-bond acceptors (Lipinski definition) is 4. The highest BCUT2D eigenvalue weighted by Crippen LogP contribution is 2.12. The number of aliphatic carboxylic acids is 2. The first kappa shape index (κ1) is 17.7. The van der Waals surface area contributed by atoms with E-state index in [0.717, 1.165) is 0 Å². The summed E-state index contributed by atoms with van der Waals surface area (Å²) >= 11 is 0. The van der Waals surface area contributed by atoms with E-state index in [-0.39, 0.29) is 12.5 Å². The second-order valence-electron chi connectivity index (χ2n) is 4.78. The maximum absolute atomic E-state index is 11.5. The predicted octanol–water partition coefficient (Wildman–Crippen LogP) is -1.01. The van der Waals surface area contributed by atoms with Crippen LogP contribution >= 0.6 is 0 Å². The third-order valence-corrected chi connectivity index (χ3v) is 2.51. The fourth-order valence-corrected chi connectivity index (χ4v) is 1.30. The van der Waals surface area contributed by atoms with Crippen LogP contribution < -0.4 is 16.0 Å². The Labute approximate surface area is 115 Å². The van der Waals surface area contributed by atoms with Crippen molar-refractivity contribution in [3.8, 4) is 0 Å². The maximum Gasteiger partial charge on any atom is 0.326 e. The Bertz CT molecular complexity index is 407. The van der Waals surface area contributed by atoms with E-state index in [4.69, 9.17) is 10.2 Å². The average Bonchev–Trinajstić information content (AvgIpc) is 2.34. The largest absolute Gasteiger partial charge is 0.481 e. The summed E-state index contributed by atoms with van der Waals surface area (Å²) in [6.07, 6.45) is -0.735. The number of hydrogen-bond donors (Lipinski definition) is 5. The van der Waals surface area contributed by atoms with Gasteiger partial charge in [0, 0.05) is 13.6 Å². The van der Waals surface area contributed by atoms with Gasteiger partial charge in [-0.25, -0.2) is 9.59 Å². The van der Waals surface area contributed by atoms with Crippen molar-refractivity contribution in [1.29, 1.82) is 0 Å². The van der Waals surface area contributed by atoms with Crippen molar-refractivity contribution in [1.82, 2.24) is 16.0 Å². The topological polar surface area (TPSA) is 145 Å². The molecule has 9 heteroatoms. The molecule has 0 unspecified atom stereocenters. The molecule has 0 aromatic heterocycles. The minimum atomic E-state index is -1.53. The number of carboxylic acids is 2. The molecule has 5 N–H and O–H groups in total. The van der Waals surface area contributed by atoms with Crippen molar-refractivity contribution in [2.24, 2.45) is 5.41 Å². The first-order valence-corrected chi connectivity index (χ1v) is 5.81. The number of carboxylic acid groups (broad SMARTS) is 2. The van der Waals surface area contributed by atoms with Gasteiger partial charge in [-0.2, -0.15) is 0 Å². The third kappa shape index (κ3) is 6.03. The first-order valence-electron chi connectivity index (χ1n) is 5.81. The van der Waals surface area contributed by atoms with Crippen LogP contribution in [-0.2, 0) is 14.4 Å². The van der Waals surface area contributed by atoms with Gasteiger partial charge in [-0.3, -0.25) is 9.59 Å². The molecule has 0 heterocycles. The number of amides is 3. The van der Waals surface area contributed by atoms with Crippen LogP contribution in [0.3, 0.4) is 0 Å². The van der Waals surface area contributed by atoms with Gasteiger partial charge in [-0.1, -0.05) is 0 Å². The van der Waals surface area contributed by atoms with Gasteiger partial charge in [-0.15, -0.1) is 0 Å². The molecule has 0 rings (SSSR count). The van der Waals surface area contributed by atoms with Crippen molar-refractivity contribution in [3.05, 3.63) is 0 Å². The van der Waals surface area contributed by atoms with E-state index in [1.54, 1.807) is 13.8 Å². The Kier molecular flexibility index (Phi) is 6.47. The normalized spacial score (nSPS) is 12.2. The van der Waals surface area contributed by atoms with Gasteiger partial charge in [0.2, 0.25) is 5.91 Å². The Morgan fingerprint density at radius 2 is 1.70 bits per heavy atom. The Balaban J connectivity index is 4.44. The number of carbonyl (C=O) groups excluding carboxylic acids is 2. The molecule has 0 aliphatic carbocycles. The predicted molar refractivity (Wildman–Crippen MR) is 68.1 cm³/mol. The first-order chi connectivity index (χ1) is 9.10. The van der Waals surface area contributed by atoms with Crippen LogP contribution in [0.15, 0.2) is 0 Å². The molecular weight excluding hydrogens is 270 g/mol. The van der Waals surface area contributed by atoms with Crippen LogP contribution in [0.1, 0.15) is 20.3 Å². The second kappa shape index (κ2) is 7.31. The van der Waals surface area contributed by atoms with E-state index in [9.17, 15) is 19.2 Å². The molecule has 3 amide bonds. The molecule has 0 aromatic rings. The quantitative estimate of drug-likeness (QED) is 0.406. The fraction of sp³-hybridized carbons (Fsp3) is 0.636. The number of nitrogens with one attached hydrogen (secondary N) is 3. The standard InChI is InChI=1S/C11H19N3O6/c1-11(2,9(19)12-3)5-13-10(20)14-6(8(17)18)4-7(15)16/h6H,4-5H2,1-3H3,(H,12,19)(H,15,16)(H,17,18)(H2,13,14,20)/t6-/m1/s1. The summed E-state index contributed by atoms with van der Waals surface area (Å²) in [5.74, 6) is -3.09. The fourth-order valence-electron chi connectivity index (χ4n) is 1.30. The molecule has 0 spiro atoms. The molecule has 1 atom stereocenters. The van der Waals surface area contributed by atoms with E-state index < -0.39 is 35.8 Å². The maximum atomic E-state index is 11.5. The smallest absolute Gasteiger partial charge is 0.326 e. The molecule has 0 fully saturated rings. The number of rotatable bonds is 7. The van der Waals surface area contributed by atoms with Gasteiger partial charge in [0.15, 0.2) is 0 Å². The Morgan fingerprint density at radius 1 is 1.15 bits per heavy atom. The lowest BCUT2D eigenvalue weighted by atomic mass is 9.92. The van der Waals surface area contributed by atoms with Gasteiger partial charge in [0.1, 0.15) is 6.04 Å². The molecule has 0 aliphatic heterocycles. The zero-order chi connectivity index (χ0) is 15.9. The highest BCUT2D eigenvalue weighted by atomic mass is 16.4. The molecule has 0 aromatic carbocycles. The Hall–Kier alpha value is -2.32. The minimum absolute atomic E-state index is 0.0298. The van der Waals surface area contributed by atoms with Crippen LogP contribution in [0.5, 0.6) is 0 Å². The minimum Gasteiger partial charge on any atom is -0.481 e. The van der Waals surface area contributed by atoms with Crippen molar-refractivity contribution in [2.75, 3.05) is 13.6 Å². The van der Waals surface area contributed by atoms with Crippen LogP contribution in [-0.4, -0.2) is 53.7 Å². The van der Waals surface area contributed by atoms with E-state index >= 15 is 0 Å². The lowest BCUT2D eigenvalue weighted by Crippen LogP contribution is -2.50. The van der Waals surface area contributed by atoms with E-state index in [0.29, 0.717) is 0 Å². The third-order valence-electron chi connectivity index (χ3n) is 2.51. The van der Waals surface area contributed by atoms with Crippen LogP contribution in [0.4, 0.5) is 4.79 Å². The lowest BCUT2D eigenvalue weighted by Gasteiger charge is -2.23. The number of urea groups is 1. The average molecular weight is 289 g/mol. The monoisotopic (exact) mass is 289 g/mol. The molecule has 0 saturated carbocycles. The molecule has 0 bridgehead atoms. The molecule has 0 radical (unpaired) electrons. The summed E-state index contributed by atoms with van der Waals surface area (Å²) in [6, 6.07) is -2.38. The highest BCUT2D eigenvalue weighted by Gasteiger charge is 2.28. The van der Waals surface area contributed by atoms with E-state index in [2.05, 4.69) is 10.6 Å². The van der Waals surface area contributed by atoms with Crippen LogP contribution in [0.2, 0.25) is 0 Å². The summed E-state index contributed by atoms with van der Waals surface area (Å²) in [4.78, 5) is 44.2. The molecule has 114 valence electrons. The van der Waals surface area contributed by atoms with Crippen molar-refractivity contribution < 1.29 is 29.4 Å². The van der Waals surface area contributed by atoms with Gasteiger partial charge in [-0.05, 0) is 13.8 Å². The van der Waals surface area contributed by atoms with E-state index in [1.165, 1.54) is 7.05 Å². The SMILES string of the molecule is CNC(=O)C(C)(C)CNC(=O)N[C@H](CC(=O)O)C(=O)O. The Morgan fingerprint density at radius 3 is 2.10 bits per heavy atom. The molecule has 0 saturated heterocycles. The number of carbonyl (C=O) groups is 4. The van der Waals surface area contributed by atoms with Gasteiger partial charge >= 0.3 is 18.0 Å². The van der Waals surface area contributed by atoms with E-state index in [1.807, 2.05) is 5.32 Å². The van der Waals surface area contributed by atoms with Crippen molar-refractivity contribution in [3.63, 3.8) is 0 Å². The molecule has 9 nitrogen and oxygen atoms in total. The van der Waals surface area contributed by atoms with Crippen molar-refractivity contribution in [2.45, 2.75) is 26.3 Å². The lowest BCUT2D eigenvalue weighted by molar-refractivity contribution is -0.145. The summed E-state index contributed by atoms with van der Waals surface area (Å²) < 4.78 is 0. The molecular formula is C11H19N3O6. The highest BCUT2D eigenvalue weighted by molar-refractivity contribution is 5.87. The molecule has 20 heavy (non-hydrogen) atoms. The van der Waals surface area contributed by atoms with Gasteiger partial charge < -0.3 is 26.2 Å². The summed E-state index contributed by atoms with van der Waals surface area (Å²) in [5, 5.41) is 24.1. The van der Waals surface area contributed by atoms with Crippen LogP contribution in [0.25, 0.3) is 0 Å². The van der Waals surface area contributed by atoms with Gasteiger partial charge in [0.05, 0.1) is 11.8 Å². The summed E-state index contributed by atoms with van der Waals surface area (Å²) in [7, 11) is 1.46. The zero-order valence-electron chi connectivity index (χ0n) is 11.5. The summed E-state index contributed by atoms with van der Waals surface area (Å²) in [6.45, 7) is 3.16.